The van der Waals surface area contributed by atoms with Crippen LogP contribution in [0.15, 0.2) is 42.9 Å². The zero-order valence-corrected chi connectivity index (χ0v) is 10.9. The van der Waals surface area contributed by atoms with Crippen LogP contribution in [0.25, 0.3) is 5.65 Å². The molecule has 0 saturated carbocycles. The Morgan fingerprint density at radius 2 is 2.00 bits per heavy atom. The second kappa shape index (κ2) is 4.79. The summed E-state index contributed by atoms with van der Waals surface area (Å²) in [6.45, 7) is 0.804. The number of nitriles is 1. The van der Waals surface area contributed by atoms with Gasteiger partial charge in [0.05, 0.1) is 6.20 Å². The first-order valence-electron chi connectivity index (χ1n) is 5.95. The number of fused-ring (bicyclic) bond motifs is 1. The van der Waals surface area contributed by atoms with Crippen molar-refractivity contribution in [3.05, 3.63) is 59.0 Å². The third-order valence-electron chi connectivity index (χ3n) is 3.10. The molecule has 0 saturated heterocycles. The van der Waals surface area contributed by atoms with Crippen LogP contribution in [-0.2, 0) is 13.0 Å². The van der Waals surface area contributed by atoms with E-state index in [0.29, 0.717) is 5.56 Å². The second-order valence-corrected chi connectivity index (χ2v) is 4.74. The molecular formula is C14H11ClN4. The summed E-state index contributed by atoms with van der Waals surface area (Å²) in [6.07, 6.45) is 6.28. The predicted molar refractivity (Wildman–Crippen MR) is 73.1 cm³/mol. The average Bonchev–Trinajstić information content (AvgIpc) is 3.00. The van der Waals surface area contributed by atoms with Crippen molar-refractivity contribution < 1.29 is 0 Å². The molecule has 0 aliphatic heterocycles. The van der Waals surface area contributed by atoms with Crippen molar-refractivity contribution in [2.75, 3.05) is 0 Å². The van der Waals surface area contributed by atoms with Gasteiger partial charge in [-0.1, -0.05) is 23.7 Å². The van der Waals surface area contributed by atoms with E-state index >= 15 is 0 Å². The number of halogens is 1. The van der Waals surface area contributed by atoms with E-state index in [2.05, 4.69) is 11.2 Å². The normalized spacial score (nSPS) is 10.7. The fourth-order valence-corrected chi connectivity index (χ4v) is 2.25. The first-order chi connectivity index (χ1) is 9.28. The van der Waals surface area contributed by atoms with Crippen LogP contribution in [0.4, 0.5) is 0 Å². The molecule has 0 unspecified atom stereocenters. The number of hydrogen-bond acceptors (Lipinski definition) is 2. The van der Waals surface area contributed by atoms with Crippen LogP contribution in [-0.4, -0.2) is 14.2 Å². The van der Waals surface area contributed by atoms with Crippen molar-refractivity contribution in [1.29, 1.82) is 5.26 Å². The Morgan fingerprint density at radius 1 is 1.21 bits per heavy atom. The minimum atomic E-state index is 0.598. The second-order valence-electron chi connectivity index (χ2n) is 4.31. The smallest absolute Gasteiger partial charge is 0.153 e. The van der Waals surface area contributed by atoms with E-state index in [-0.39, 0.29) is 0 Å². The number of benzene rings is 1. The molecule has 19 heavy (non-hydrogen) atoms. The summed E-state index contributed by atoms with van der Waals surface area (Å²) >= 11 is 5.86. The maximum atomic E-state index is 9.05. The van der Waals surface area contributed by atoms with Crippen molar-refractivity contribution in [1.82, 2.24) is 14.2 Å². The molecule has 1 aromatic carbocycles. The summed E-state index contributed by atoms with van der Waals surface area (Å²) in [5, 5.41) is 13.9. The maximum absolute atomic E-state index is 9.05. The first-order valence-corrected chi connectivity index (χ1v) is 6.33. The van der Waals surface area contributed by atoms with Gasteiger partial charge in [0.2, 0.25) is 0 Å². The summed E-state index contributed by atoms with van der Waals surface area (Å²) in [4.78, 5) is 0. The zero-order chi connectivity index (χ0) is 13.2. The van der Waals surface area contributed by atoms with Gasteiger partial charge in [0.25, 0.3) is 0 Å². The molecule has 0 amide bonds. The Morgan fingerprint density at radius 3 is 2.74 bits per heavy atom. The highest BCUT2D eigenvalue weighted by atomic mass is 35.5. The maximum Gasteiger partial charge on any atom is 0.153 e. The average molecular weight is 271 g/mol. The zero-order valence-electron chi connectivity index (χ0n) is 10.1. The summed E-state index contributed by atoms with van der Waals surface area (Å²) < 4.78 is 3.76. The summed E-state index contributed by atoms with van der Waals surface area (Å²) in [7, 11) is 0. The molecule has 3 aromatic rings. The van der Waals surface area contributed by atoms with E-state index < -0.39 is 0 Å². The summed E-state index contributed by atoms with van der Waals surface area (Å²) in [5.41, 5.74) is 2.66. The molecule has 5 heteroatoms. The van der Waals surface area contributed by atoms with Crippen LogP contribution in [0.1, 0.15) is 11.1 Å². The van der Waals surface area contributed by atoms with Crippen molar-refractivity contribution in [2.24, 2.45) is 0 Å². The Labute approximate surface area is 115 Å². The van der Waals surface area contributed by atoms with E-state index in [1.807, 2.05) is 41.2 Å². The Hall–Kier alpha value is -2.25. The fourth-order valence-electron chi connectivity index (χ4n) is 2.13. The third-order valence-corrected chi connectivity index (χ3v) is 3.36. The predicted octanol–water partition coefficient (Wildman–Crippen LogP) is 2.90. The van der Waals surface area contributed by atoms with E-state index in [0.717, 1.165) is 23.6 Å². The summed E-state index contributed by atoms with van der Waals surface area (Å²) in [6, 6.07) is 9.98. The van der Waals surface area contributed by atoms with Crippen LogP contribution >= 0.6 is 11.6 Å². The van der Waals surface area contributed by atoms with Gasteiger partial charge in [-0.25, -0.2) is 4.52 Å². The molecule has 4 nitrogen and oxygen atoms in total. The topological polar surface area (TPSA) is 46.0 Å². The monoisotopic (exact) mass is 270 g/mol. The molecular weight excluding hydrogens is 260 g/mol. The molecule has 0 aliphatic carbocycles. The van der Waals surface area contributed by atoms with Crippen molar-refractivity contribution in [3.63, 3.8) is 0 Å². The third kappa shape index (κ3) is 2.20. The molecule has 0 spiro atoms. The van der Waals surface area contributed by atoms with Gasteiger partial charge in [-0.05, 0) is 24.1 Å². The molecule has 0 bridgehead atoms. The van der Waals surface area contributed by atoms with Crippen LogP contribution in [0.3, 0.4) is 0 Å². The molecule has 2 aromatic heterocycles. The molecule has 0 aliphatic rings. The van der Waals surface area contributed by atoms with Gasteiger partial charge >= 0.3 is 0 Å². The highest BCUT2D eigenvalue weighted by Crippen LogP contribution is 2.14. The number of nitrogens with zero attached hydrogens (tertiary/aromatic N) is 4. The number of imidazole rings is 1. The van der Waals surface area contributed by atoms with Crippen LogP contribution in [0, 0.1) is 11.3 Å². The lowest BCUT2D eigenvalue weighted by atomic mass is 10.1. The quantitative estimate of drug-likeness (QED) is 0.735. The van der Waals surface area contributed by atoms with Crippen molar-refractivity contribution in [3.8, 4) is 6.07 Å². The lowest BCUT2D eigenvalue weighted by Crippen LogP contribution is -2.01. The van der Waals surface area contributed by atoms with Crippen molar-refractivity contribution in [2.45, 2.75) is 13.0 Å². The van der Waals surface area contributed by atoms with Gasteiger partial charge in [0, 0.05) is 24.0 Å². The highest BCUT2D eigenvalue weighted by molar-refractivity contribution is 6.30. The Balaban J connectivity index is 1.84. The Bertz CT molecular complexity index is 746. The molecule has 0 fully saturated rings. The molecule has 0 radical (unpaired) electrons. The van der Waals surface area contributed by atoms with Gasteiger partial charge in [-0.15, -0.1) is 0 Å². The van der Waals surface area contributed by atoms with E-state index in [4.69, 9.17) is 16.9 Å². The molecule has 3 rings (SSSR count). The molecule has 94 valence electrons. The number of hydrogen-bond donors (Lipinski definition) is 0. The lowest BCUT2D eigenvalue weighted by Gasteiger charge is -2.04. The molecule has 2 heterocycles. The molecule has 0 atom stereocenters. The van der Waals surface area contributed by atoms with E-state index in [1.165, 1.54) is 5.56 Å². The van der Waals surface area contributed by atoms with Gasteiger partial charge in [-0.3, -0.25) is 0 Å². The van der Waals surface area contributed by atoms with Gasteiger partial charge < -0.3 is 4.57 Å². The minimum absolute atomic E-state index is 0.598. The van der Waals surface area contributed by atoms with Gasteiger partial charge in [0.1, 0.15) is 11.6 Å². The minimum Gasteiger partial charge on any atom is -0.330 e. The van der Waals surface area contributed by atoms with Gasteiger partial charge in [0.15, 0.2) is 5.65 Å². The van der Waals surface area contributed by atoms with Crippen LogP contribution in [0.2, 0.25) is 5.02 Å². The number of aromatic nitrogens is 3. The molecule has 0 N–H and O–H groups in total. The van der Waals surface area contributed by atoms with Crippen molar-refractivity contribution >= 4 is 17.2 Å². The SMILES string of the molecule is N#Cc1cnn2ccn(CCc3ccc(Cl)cc3)c12. The Kier molecular flexibility index (Phi) is 2.98. The largest absolute Gasteiger partial charge is 0.330 e. The van der Waals surface area contributed by atoms with Crippen LogP contribution in [0.5, 0.6) is 0 Å². The highest BCUT2D eigenvalue weighted by Gasteiger charge is 2.08. The first kappa shape index (κ1) is 11.8. The lowest BCUT2D eigenvalue weighted by molar-refractivity contribution is 0.717. The standard InChI is InChI=1S/C14H11ClN4/c15-13-3-1-11(2-4-13)5-6-18-7-8-19-14(18)12(9-16)10-17-19/h1-4,7-8,10H,5-6H2. The van der Waals surface area contributed by atoms with E-state index in [9.17, 15) is 0 Å². The fraction of sp³-hybridized carbons (Fsp3) is 0.143. The van der Waals surface area contributed by atoms with Crippen LogP contribution < -0.4 is 0 Å². The number of aryl methyl sites for hydroxylation is 2. The van der Waals surface area contributed by atoms with Gasteiger partial charge in [-0.2, -0.15) is 10.4 Å². The summed E-state index contributed by atoms with van der Waals surface area (Å²) in [5.74, 6) is 0. The van der Waals surface area contributed by atoms with E-state index in [1.54, 1.807) is 10.7 Å². The number of rotatable bonds is 3.